The van der Waals surface area contributed by atoms with Crippen molar-refractivity contribution in [3.05, 3.63) is 29.8 Å². The van der Waals surface area contributed by atoms with Gasteiger partial charge in [0, 0.05) is 31.6 Å². The van der Waals surface area contributed by atoms with Crippen LogP contribution < -0.4 is 4.90 Å². The topological polar surface area (TPSA) is 45.5 Å². The molecule has 2 fully saturated rings. The molecule has 1 atom stereocenters. The molecule has 0 amide bonds. The Bertz CT molecular complexity index is 555. The highest BCUT2D eigenvalue weighted by molar-refractivity contribution is 5.50. The molecule has 2 aliphatic heterocycles. The fourth-order valence-electron chi connectivity index (χ4n) is 3.54. The van der Waals surface area contributed by atoms with Crippen molar-refractivity contribution in [2.45, 2.75) is 50.9 Å². The summed E-state index contributed by atoms with van der Waals surface area (Å²) in [4.78, 5) is 2.34. The number of ether oxygens (including phenoxy) is 2. The summed E-state index contributed by atoms with van der Waals surface area (Å²) in [5.74, 6) is -0.382. The first-order valence-corrected chi connectivity index (χ1v) is 8.17. The quantitative estimate of drug-likeness (QED) is 0.857. The summed E-state index contributed by atoms with van der Waals surface area (Å²) in [5, 5.41) is 8.87. The zero-order chi connectivity index (χ0) is 15.6. The van der Waals surface area contributed by atoms with Crippen LogP contribution in [0.4, 0.5) is 5.69 Å². The third-order valence-electron chi connectivity index (χ3n) is 4.74. The summed E-state index contributed by atoms with van der Waals surface area (Å²) in [6.07, 6.45) is 3.96. The molecule has 2 saturated heterocycles. The van der Waals surface area contributed by atoms with E-state index in [0.717, 1.165) is 38.8 Å². The zero-order valence-corrected chi connectivity index (χ0v) is 13.5. The molecule has 0 aromatic heterocycles. The Morgan fingerprint density at radius 2 is 1.91 bits per heavy atom. The first-order valence-electron chi connectivity index (χ1n) is 8.17. The maximum absolute atomic E-state index is 8.87. The predicted molar refractivity (Wildman–Crippen MR) is 85.7 cm³/mol. The lowest BCUT2D eigenvalue weighted by molar-refractivity contribution is -0.196. The van der Waals surface area contributed by atoms with Gasteiger partial charge < -0.3 is 14.4 Å². The van der Waals surface area contributed by atoms with Crippen molar-refractivity contribution in [2.75, 3.05) is 24.6 Å². The number of piperidine rings is 1. The first-order chi connectivity index (χ1) is 10.6. The molecule has 0 bridgehead atoms. The molecule has 1 unspecified atom stereocenters. The number of hydrogen-bond acceptors (Lipinski definition) is 4. The largest absolute Gasteiger partial charge is 0.371 e. The van der Waals surface area contributed by atoms with Gasteiger partial charge in [-0.1, -0.05) is 13.3 Å². The molecule has 118 valence electrons. The highest BCUT2D eigenvalue weighted by atomic mass is 16.8. The second kappa shape index (κ2) is 5.91. The standard InChI is InChI=1S/C18H24N2O2/c1-3-8-17(2)14-21-18(22-17)9-11-20(12-10-18)16-6-4-15(13-19)5-7-16/h4-7H,3,8-12,14H2,1-2H3. The van der Waals surface area contributed by atoms with Crippen LogP contribution in [-0.2, 0) is 9.47 Å². The Balaban J connectivity index is 1.62. The number of nitrogens with zero attached hydrogens (tertiary/aromatic N) is 2. The average Bonchev–Trinajstić information content (AvgIpc) is 2.85. The first kappa shape index (κ1) is 15.3. The van der Waals surface area contributed by atoms with Crippen LogP contribution in [0.15, 0.2) is 24.3 Å². The third-order valence-corrected chi connectivity index (χ3v) is 4.74. The van der Waals surface area contributed by atoms with E-state index in [0.29, 0.717) is 12.2 Å². The highest BCUT2D eigenvalue weighted by Crippen LogP contribution is 2.41. The molecule has 1 aromatic rings. The Hall–Kier alpha value is -1.57. The van der Waals surface area contributed by atoms with E-state index in [4.69, 9.17) is 14.7 Å². The molecule has 0 aliphatic carbocycles. The van der Waals surface area contributed by atoms with Gasteiger partial charge in [0.15, 0.2) is 5.79 Å². The van der Waals surface area contributed by atoms with Crippen molar-refractivity contribution in [3.8, 4) is 6.07 Å². The van der Waals surface area contributed by atoms with Crippen molar-refractivity contribution in [1.82, 2.24) is 0 Å². The van der Waals surface area contributed by atoms with Crippen LogP contribution in [0.1, 0.15) is 45.1 Å². The van der Waals surface area contributed by atoms with Crippen LogP contribution in [0.3, 0.4) is 0 Å². The Kier molecular flexibility index (Phi) is 4.12. The molecule has 0 N–H and O–H groups in total. The van der Waals surface area contributed by atoms with Gasteiger partial charge in [-0.15, -0.1) is 0 Å². The van der Waals surface area contributed by atoms with Gasteiger partial charge in [0.1, 0.15) is 0 Å². The van der Waals surface area contributed by atoms with Crippen LogP contribution in [0.5, 0.6) is 0 Å². The monoisotopic (exact) mass is 300 g/mol. The molecule has 3 rings (SSSR count). The van der Waals surface area contributed by atoms with Gasteiger partial charge in [-0.25, -0.2) is 0 Å². The van der Waals surface area contributed by atoms with Gasteiger partial charge in [0.25, 0.3) is 0 Å². The Morgan fingerprint density at radius 3 is 2.50 bits per heavy atom. The van der Waals surface area contributed by atoms with E-state index in [1.165, 1.54) is 5.69 Å². The minimum absolute atomic E-state index is 0.120. The van der Waals surface area contributed by atoms with Gasteiger partial charge in [-0.05, 0) is 37.6 Å². The SMILES string of the molecule is CCCC1(C)COC2(CCN(c3ccc(C#N)cc3)CC2)O1. The molecule has 0 radical (unpaired) electrons. The summed E-state index contributed by atoms with van der Waals surface area (Å²) < 4.78 is 12.4. The van der Waals surface area contributed by atoms with Crippen molar-refractivity contribution in [1.29, 1.82) is 5.26 Å². The van der Waals surface area contributed by atoms with E-state index in [2.05, 4.69) is 24.8 Å². The lowest BCUT2D eigenvalue weighted by Gasteiger charge is -2.40. The molecule has 2 aliphatic rings. The number of rotatable bonds is 3. The van der Waals surface area contributed by atoms with Gasteiger partial charge >= 0.3 is 0 Å². The molecule has 1 spiro atoms. The van der Waals surface area contributed by atoms with Gasteiger partial charge in [0.05, 0.1) is 23.8 Å². The summed E-state index contributed by atoms with van der Waals surface area (Å²) in [7, 11) is 0. The Morgan fingerprint density at radius 1 is 1.23 bits per heavy atom. The summed E-state index contributed by atoms with van der Waals surface area (Å²) in [5.41, 5.74) is 1.75. The molecule has 1 aromatic carbocycles. The predicted octanol–water partition coefficient (Wildman–Crippen LogP) is 3.46. The van der Waals surface area contributed by atoms with Crippen molar-refractivity contribution in [2.24, 2.45) is 0 Å². The second-order valence-electron chi connectivity index (χ2n) is 6.65. The van der Waals surface area contributed by atoms with Crippen LogP contribution in [0.25, 0.3) is 0 Å². The summed E-state index contributed by atoms with van der Waals surface area (Å²) >= 11 is 0. The molecule has 2 heterocycles. The average molecular weight is 300 g/mol. The number of hydrogen-bond donors (Lipinski definition) is 0. The van der Waals surface area contributed by atoms with Crippen molar-refractivity contribution >= 4 is 5.69 Å². The van der Waals surface area contributed by atoms with E-state index < -0.39 is 0 Å². The highest BCUT2D eigenvalue weighted by Gasteiger charge is 2.48. The van der Waals surface area contributed by atoms with Gasteiger partial charge in [-0.3, -0.25) is 0 Å². The minimum atomic E-state index is -0.382. The van der Waals surface area contributed by atoms with E-state index in [1.807, 2.05) is 24.3 Å². The Labute approximate surface area is 132 Å². The molecule has 4 nitrogen and oxygen atoms in total. The number of benzene rings is 1. The van der Waals surface area contributed by atoms with Gasteiger partial charge in [0.2, 0.25) is 0 Å². The summed E-state index contributed by atoms with van der Waals surface area (Å²) in [6.45, 7) is 6.91. The fraction of sp³-hybridized carbons (Fsp3) is 0.611. The van der Waals surface area contributed by atoms with Gasteiger partial charge in [-0.2, -0.15) is 5.26 Å². The lowest BCUT2D eigenvalue weighted by Crippen LogP contribution is -2.46. The fourth-order valence-corrected chi connectivity index (χ4v) is 3.54. The van der Waals surface area contributed by atoms with Crippen LogP contribution in [-0.4, -0.2) is 31.1 Å². The summed E-state index contributed by atoms with van der Waals surface area (Å²) in [6, 6.07) is 9.95. The van der Waals surface area contributed by atoms with E-state index in [1.54, 1.807) is 0 Å². The molecule has 4 heteroatoms. The van der Waals surface area contributed by atoms with Crippen LogP contribution in [0.2, 0.25) is 0 Å². The zero-order valence-electron chi connectivity index (χ0n) is 13.5. The smallest absolute Gasteiger partial charge is 0.172 e. The second-order valence-corrected chi connectivity index (χ2v) is 6.65. The third kappa shape index (κ3) is 2.97. The van der Waals surface area contributed by atoms with Crippen molar-refractivity contribution < 1.29 is 9.47 Å². The molecular formula is C18H24N2O2. The van der Waals surface area contributed by atoms with Crippen LogP contribution in [0, 0.1) is 11.3 Å². The normalized spacial score (nSPS) is 27.0. The number of anilines is 1. The molecule has 22 heavy (non-hydrogen) atoms. The minimum Gasteiger partial charge on any atom is -0.371 e. The van der Waals surface area contributed by atoms with E-state index >= 15 is 0 Å². The van der Waals surface area contributed by atoms with E-state index in [9.17, 15) is 0 Å². The van der Waals surface area contributed by atoms with Crippen LogP contribution >= 0.6 is 0 Å². The molecular weight excluding hydrogens is 276 g/mol. The maximum Gasteiger partial charge on any atom is 0.172 e. The molecule has 0 saturated carbocycles. The van der Waals surface area contributed by atoms with Crippen molar-refractivity contribution in [3.63, 3.8) is 0 Å². The van der Waals surface area contributed by atoms with E-state index in [-0.39, 0.29) is 11.4 Å². The maximum atomic E-state index is 8.87. The number of nitriles is 1. The lowest BCUT2D eigenvalue weighted by atomic mass is 10.0.